The van der Waals surface area contributed by atoms with Crippen LogP contribution in [0.25, 0.3) is 0 Å². The minimum Gasteiger partial charge on any atom is -0.378 e. The molecule has 0 bridgehead atoms. The van der Waals surface area contributed by atoms with Gasteiger partial charge in [0, 0.05) is 12.6 Å². The zero-order valence-electron chi connectivity index (χ0n) is 8.38. The molecule has 13 heavy (non-hydrogen) atoms. The molecule has 0 aliphatic carbocycles. The predicted molar refractivity (Wildman–Crippen MR) is 54.5 cm³/mol. The van der Waals surface area contributed by atoms with Crippen LogP contribution < -0.4 is 5.32 Å². The molecule has 1 N–H and O–H groups in total. The van der Waals surface area contributed by atoms with Gasteiger partial charge in [0.15, 0.2) is 0 Å². The van der Waals surface area contributed by atoms with Crippen molar-refractivity contribution < 1.29 is 4.74 Å². The summed E-state index contributed by atoms with van der Waals surface area (Å²) in [6.07, 6.45) is 10.2. The molecule has 0 aromatic rings. The van der Waals surface area contributed by atoms with Gasteiger partial charge in [0.1, 0.15) is 0 Å². The van der Waals surface area contributed by atoms with Gasteiger partial charge in [-0.05, 0) is 19.3 Å². The first-order valence-corrected chi connectivity index (χ1v) is 5.15. The third-order valence-electron chi connectivity index (χ3n) is 2.47. The van der Waals surface area contributed by atoms with Gasteiger partial charge in [-0.25, -0.2) is 0 Å². The maximum absolute atomic E-state index is 5.64. The van der Waals surface area contributed by atoms with Crippen LogP contribution in [-0.4, -0.2) is 25.3 Å². The fraction of sp³-hybridized carbons (Fsp3) is 0.818. The molecule has 0 saturated carbocycles. The quantitative estimate of drug-likeness (QED) is 0.664. The fourth-order valence-corrected chi connectivity index (χ4v) is 1.79. The summed E-state index contributed by atoms with van der Waals surface area (Å²) >= 11 is 0. The number of terminal acetylenes is 1. The third kappa shape index (κ3) is 3.80. The zero-order valence-corrected chi connectivity index (χ0v) is 8.38. The van der Waals surface area contributed by atoms with E-state index >= 15 is 0 Å². The molecule has 0 radical (unpaired) electrons. The van der Waals surface area contributed by atoms with Crippen molar-refractivity contribution in [1.29, 1.82) is 0 Å². The van der Waals surface area contributed by atoms with Gasteiger partial charge in [0.05, 0.1) is 12.6 Å². The smallest absolute Gasteiger partial charge is 0.0589 e. The summed E-state index contributed by atoms with van der Waals surface area (Å²) in [6.45, 7) is 3.76. The van der Waals surface area contributed by atoms with Gasteiger partial charge in [-0.2, -0.15) is 0 Å². The Balaban J connectivity index is 2.21. The summed E-state index contributed by atoms with van der Waals surface area (Å²) < 4.78 is 5.64. The average molecular weight is 181 g/mol. The van der Waals surface area contributed by atoms with Gasteiger partial charge in [-0.3, -0.25) is 0 Å². The van der Waals surface area contributed by atoms with Crippen LogP contribution in [0.15, 0.2) is 0 Å². The van der Waals surface area contributed by atoms with Gasteiger partial charge in [-0.15, -0.1) is 6.42 Å². The maximum Gasteiger partial charge on any atom is 0.0589 e. The summed E-state index contributed by atoms with van der Waals surface area (Å²) in [5.41, 5.74) is 0. The van der Waals surface area contributed by atoms with Crippen LogP contribution in [0.1, 0.15) is 32.6 Å². The first-order valence-electron chi connectivity index (χ1n) is 5.15. The molecule has 0 spiro atoms. The molecular formula is C11H19NO. The lowest BCUT2D eigenvalue weighted by Gasteiger charge is -2.29. The van der Waals surface area contributed by atoms with E-state index in [0.29, 0.717) is 18.7 Å². The van der Waals surface area contributed by atoms with E-state index in [2.05, 4.69) is 18.2 Å². The number of hydrogen-bond donors (Lipinski definition) is 1. The first kappa shape index (κ1) is 10.6. The minimum atomic E-state index is 0.453. The molecule has 1 rings (SSSR count). The molecule has 1 aliphatic rings. The van der Waals surface area contributed by atoms with Crippen molar-refractivity contribution in [2.24, 2.45) is 0 Å². The van der Waals surface area contributed by atoms with E-state index in [-0.39, 0.29) is 0 Å². The highest BCUT2D eigenvalue weighted by Crippen LogP contribution is 2.17. The highest BCUT2D eigenvalue weighted by atomic mass is 16.5. The second-order valence-corrected chi connectivity index (χ2v) is 3.59. The van der Waals surface area contributed by atoms with E-state index < -0.39 is 0 Å². The molecule has 74 valence electrons. The topological polar surface area (TPSA) is 21.3 Å². The zero-order chi connectivity index (χ0) is 9.52. The van der Waals surface area contributed by atoms with Crippen molar-refractivity contribution in [2.45, 2.75) is 44.8 Å². The van der Waals surface area contributed by atoms with Crippen molar-refractivity contribution in [2.75, 3.05) is 13.2 Å². The Morgan fingerprint density at radius 1 is 1.62 bits per heavy atom. The molecule has 0 aromatic heterocycles. The van der Waals surface area contributed by atoms with Crippen LogP contribution in [0.3, 0.4) is 0 Å². The summed E-state index contributed by atoms with van der Waals surface area (Å²) in [4.78, 5) is 0. The van der Waals surface area contributed by atoms with Gasteiger partial charge in [0.2, 0.25) is 0 Å². The Morgan fingerprint density at radius 3 is 3.15 bits per heavy atom. The van der Waals surface area contributed by atoms with Gasteiger partial charge in [-0.1, -0.05) is 19.3 Å². The van der Waals surface area contributed by atoms with Gasteiger partial charge >= 0.3 is 0 Å². The number of ether oxygens (including phenoxy) is 1. The summed E-state index contributed by atoms with van der Waals surface area (Å²) in [5, 5.41) is 3.34. The van der Waals surface area contributed by atoms with Crippen molar-refractivity contribution >= 4 is 0 Å². The molecule has 1 heterocycles. The summed E-state index contributed by atoms with van der Waals surface area (Å²) in [6, 6.07) is 0.571. The molecule has 0 aromatic carbocycles. The van der Waals surface area contributed by atoms with E-state index in [1.807, 2.05) is 0 Å². The Kier molecular flexibility index (Phi) is 4.88. The van der Waals surface area contributed by atoms with Crippen molar-refractivity contribution in [3.63, 3.8) is 0 Å². The van der Waals surface area contributed by atoms with Gasteiger partial charge < -0.3 is 10.1 Å². The molecule has 2 unspecified atom stereocenters. The molecule has 1 aliphatic heterocycles. The monoisotopic (exact) mass is 181 g/mol. The molecule has 2 atom stereocenters. The van der Waals surface area contributed by atoms with Crippen molar-refractivity contribution in [3.05, 3.63) is 0 Å². The Labute approximate surface area is 81.0 Å². The van der Waals surface area contributed by atoms with Crippen LogP contribution in [0.4, 0.5) is 0 Å². The van der Waals surface area contributed by atoms with E-state index in [0.717, 1.165) is 19.4 Å². The van der Waals surface area contributed by atoms with Gasteiger partial charge in [0.25, 0.3) is 0 Å². The predicted octanol–water partition coefficient (Wildman–Crippen LogP) is 1.56. The fourth-order valence-electron chi connectivity index (χ4n) is 1.79. The second kappa shape index (κ2) is 6.01. The Morgan fingerprint density at radius 2 is 2.46 bits per heavy atom. The van der Waals surface area contributed by atoms with E-state index in [1.165, 1.54) is 12.8 Å². The van der Waals surface area contributed by atoms with Crippen molar-refractivity contribution in [1.82, 2.24) is 5.32 Å². The molecule has 0 amide bonds. The minimum absolute atomic E-state index is 0.453. The lowest BCUT2D eigenvalue weighted by atomic mass is 10.0. The number of rotatable bonds is 4. The lowest BCUT2D eigenvalue weighted by Crippen LogP contribution is -2.39. The third-order valence-corrected chi connectivity index (χ3v) is 2.47. The SMILES string of the molecule is C#CCNC1CCOC(CCC)C1. The molecule has 2 nitrogen and oxygen atoms in total. The Bertz CT molecular complexity index is 171. The van der Waals surface area contributed by atoms with Crippen LogP contribution in [0.5, 0.6) is 0 Å². The second-order valence-electron chi connectivity index (χ2n) is 3.59. The van der Waals surface area contributed by atoms with E-state index in [9.17, 15) is 0 Å². The number of hydrogen-bond acceptors (Lipinski definition) is 2. The number of nitrogens with one attached hydrogen (secondary N) is 1. The standard InChI is InChI=1S/C11H19NO/c1-3-5-11-9-10(6-8-13-11)12-7-4-2/h2,10-12H,3,5-9H2,1H3. The Hall–Kier alpha value is -0.520. The van der Waals surface area contributed by atoms with Crippen LogP contribution in [0.2, 0.25) is 0 Å². The summed E-state index contributed by atoms with van der Waals surface area (Å²) in [5.74, 6) is 2.61. The van der Waals surface area contributed by atoms with E-state index in [1.54, 1.807) is 0 Å². The van der Waals surface area contributed by atoms with Crippen LogP contribution >= 0.6 is 0 Å². The maximum atomic E-state index is 5.64. The lowest BCUT2D eigenvalue weighted by molar-refractivity contribution is -0.00246. The van der Waals surface area contributed by atoms with Crippen LogP contribution in [0, 0.1) is 12.3 Å². The molecular weight excluding hydrogens is 162 g/mol. The average Bonchev–Trinajstić information content (AvgIpc) is 2.16. The highest BCUT2D eigenvalue weighted by Gasteiger charge is 2.20. The van der Waals surface area contributed by atoms with E-state index in [4.69, 9.17) is 11.2 Å². The molecule has 2 heteroatoms. The normalized spacial score (nSPS) is 28.3. The highest BCUT2D eigenvalue weighted by molar-refractivity contribution is 4.89. The van der Waals surface area contributed by atoms with Crippen molar-refractivity contribution in [3.8, 4) is 12.3 Å². The summed E-state index contributed by atoms with van der Waals surface area (Å²) in [7, 11) is 0. The largest absolute Gasteiger partial charge is 0.378 e. The first-order chi connectivity index (χ1) is 6.36. The van der Waals surface area contributed by atoms with Crippen LogP contribution in [-0.2, 0) is 4.74 Å². The molecule has 1 saturated heterocycles. The molecule has 1 fully saturated rings.